The Morgan fingerprint density at radius 3 is 2.61 bits per heavy atom. The summed E-state index contributed by atoms with van der Waals surface area (Å²) in [5.41, 5.74) is 0.741. The van der Waals surface area contributed by atoms with Gasteiger partial charge in [-0.3, -0.25) is 0 Å². The van der Waals surface area contributed by atoms with Gasteiger partial charge in [0.05, 0.1) is 0 Å². The molecule has 0 spiro atoms. The Bertz CT molecular complexity index is 406. The molecule has 2 rings (SSSR count). The maximum Gasteiger partial charge on any atom is 0.231 e. The smallest absolute Gasteiger partial charge is 0.231 e. The molecule has 0 saturated heterocycles. The van der Waals surface area contributed by atoms with Crippen molar-refractivity contribution in [1.29, 1.82) is 0 Å². The Morgan fingerprint density at radius 1 is 1.28 bits per heavy atom. The molecule has 100 valence electrons. The summed E-state index contributed by atoms with van der Waals surface area (Å²) in [5.74, 6) is 1.40. The highest BCUT2D eigenvalue weighted by Gasteiger charge is 2.17. The molecule has 0 radical (unpaired) electrons. The van der Waals surface area contributed by atoms with Crippen LogP contribution in [0.3, 0.4) is 0 Å². The molecule has 0 amide bonds. The van der Waals surface area contributed by atoms with E-state index >= 15 is 0 Å². The van der Waals surface area contributed by atoms with E-state index < -0.39 is 0 Å². The molecule has 0 aromatic heterocycles. The van der Waals surface area contributed by atoms with Gasteiger partial charge in [0.25, 0.3) is 0 Å². The van der Waals surface area contributed by atoms with Crippen LogP contribution in [0.5, 0.6) is 17.2 Å². The molecular formula is C12H17NO5. The van der Waals surface area contributed by atoms with Gasteiger partial charge in [0.2, 0.25) is 6.79 Å². The maximum atomic E-state index is 9.82. The molecule has 0 atom stereocenters. The fourth-order valence-electron chi connectivity index (χ4n) is 1.70. The van der Waals surface area contributed by atoms with E-state index in [9.17, 15) is 5.11 Å². The summed E-state index contributed by atoms with van der Waals surface area (Å²) < 4.78 is 20.5. The molecule has 0 saturated carbocycles. The third-order valence-corrected chi connectivity index (χ3v) is 2.73. The number of phenolic OH excluding ortho intramolecular Hbond substituents is 1. The van der Waals surface area contributed by atoms with Crippen LogP contribution in [0.4, 0.5) is 0 Å². The fourth-order valence-corrected chi connectivity index (χ4v) is 1.70. The number of benzene rings is 1. The molecule has 2 N–H and O–H groups in total. The van der Waals surface area contributed by atoms with Gasteiger partial charge in [-0.2, -0.15) is 0 Å². The highest BCUT2D eigenvalue weighted by Crippen LogP contribution is 2.37. The van der Waals surface area contributed by atoms with Crippen LogP contribution in [0.2, 0.25) is 0 Å². The van der Waals surface area contributed by atoms with Crippen molar-refractivity contribution in [3.8, 4) is 17.2 Å². The predicted molar refractivity (Wildman–Crippen MR) is 63.7 cm³/mol. The molecule has 0 aliphatic carbocycles. The largest absolute Gasteiger partial charge is 0.507 e. The van der Waals surface area contributed by atoms with E-state index in [-0.39, 0.29) is 18.8 Å². The molecule has 6 heteroatoms. The predicted octanol–water partition coefficient (Wildman–Crippen LogP) is 0.829. The summed E-state index contributed by atoms with van der Waals surface area (Å²) in [4.78, 5) is 0. The van der Waals surface area contributed by atoms with E-state index in [2.05, 4.69) is 5.32 Å². The highest BCUT2D eigenvalue weighted by atomic mass is 16.7. The molecule has 1 aliphatic heterocycles. The summed E-state index contributed by atoms with van der Waals surface area (Å²) >= 11 is 0. The molecule has 6 nitrogen and oxygen atoms in total. The fraction of sp³-hybridized carbons (Fsp3) is 0.500. The normalized spacial score (nSPS) is 13.3. The van der Waals surface area contributed by atoms with Crippen LogP contribution in [0.15, 0.2) is 12.1 Å². The van der Waals surface area contributed by atoms with Gasteiger partial charge in [0.15, 0.2) is 17.8 Å². The zero-order valence-corrected chi connectivity index (χ0v) is 10.4. The summed E-state index contributed by atoms with van der Waals surface area (Å²) in [6.45, 7) is 1.22. The molecule has 0 unspecified atom stereocenters. The monoisotopic (exact) mass is 255 g/mol. The van der Waals surface area contributed by atoms with Crippen LogP contribution in [0.1, 0.15) is 5.56 Å². The minimum Gasteiger partial charge on any atom is -0.507 e. The summed E-state index contributed by atoms with van der Waals surface area (Å²) in [5, 5.41) is 12.9. The number of nitrogens with one attached hydrogen (secondary N) is 1. The van der Waals surface area contributed by atoms with Gasteiger partial charge in [0.1, 0.15) is 5.75 Å². The summed E-state index contributed by atoms with van der Waals surface area (Å²) in [6.07, 6.45) is -0.304. The van der Waals surface area contributed by atoms with Crippen LogP contribution >= 0.6 is 0 Å². The third-order valence-electron chi connectivity index (χ3n) is 2.73. The molecule has 18 heavy (non-hydrogen) atoms. The number of ether oxygens (including phenoxy) is 4. The summed E-state index contributed by atoms with van der Waals surface area (Å²) in [7, 11) is 3.15. The second kappa shape index (κ2) is 5.90. The van der Waals surface area contributed by atoms with Crippen molar-refractivity contribution < 1.29 is 24.1 Å². The topological polar surface area (TPSA) is 69.2 Å². The molecule has 0 fully saturated rings. The molecule has 1 aromatic carbocycles. The quantitative estimate of drug-likeness (QED) is 0.734. The van der Waals surface area contributed by atoms with E-state index in [0.29, 0.717) is 24.6 Å². The van der Waals surface area contributed by atoms with Crippen molar-refractivity contribution in [1.82, 2.24) is 5.32 Å². The van der Waals surface area contributed by atoms with Crippen LogP contribution < -0.4 is 14.8 Å². The van der Waals surface area contributed by atoms with Gasteiger partial charge in [-0.05, 0) is 6.07 Å². The van der Waals surface area contributed by atoms with E-state index in [4.69, 9.17) is 18.9 Å². The Hall–Kier alpha value is -1.50. The lowest BCUT2D eigenvalue weighted by atomic mass is 10.1. The van der Waals surface area contributed by atoms with Crippen molar-refractivity contribution in [2.75, 3.05) is 27.6 Å². The zero-order chi connectivity index (χ0) is 13.0. The van der Waals surface area contributed by atoms with E-state index in [1.807, 2.05) is 0 Å². The average Bonchev–Trinajstić information content (AvgIpc) is 2.81. The lowest BCUT2D eigenvalue weighted by molar-refractivity contribution is -0.0989. The first-order chi connectivity index (χ1) is 8.74. The molecular weight excluding hydrogens is 238 g/mol. The summed E-state index contributed by atoms with van der Waals surface area (Å²) in [6, 6.07) is 3.32. The molecule has 1 heterocycles. The minimum atomic E-state index is -0.304. The van der Waals surface area contributed by atoms with Crippen LogP contribution in [-0.4, -0.2) is 39.0 Å². The van der Waals surface area contributed by atoms with Crippen molar-refractivity contribution in [2.45, 2.75) is 12.8 Å². The third kappa shape index (κ3) is 2.84. The van der Waals surface area contributed by atoms with Crippen LogP contribution in [0, 0.1) is 0 Å². The van der Waals surface area contributed by atoms with E-state index in [1.54, 1.807) is 26.4 Å². The Morgan fingerprint density at radius 2 is 1.94 bits per heavy atom. The first-order valence-electron chi connectivity index (χ1n) is 5.62. The van der Waals surface area contributed by atoms with Gasteiger partial charge in [-0.1, -0.05) is 0 Å². The number of phenols is 1. The Kier molecular flexibility index (Phi) is 4.24. The number of hydrogen-bond donors (Lipinski definition) is 2. The first kappa shape index (κ1) is 12.9. The number of aromatic hydroxyl groups is 1. The van der Waals surface area contributed by atoms with Gasteiger partial charge in [-0.25, -0.2) is 0 Å². The Labute approximate surface area is 105 Å². The minimum absolute atomic E-state index is 0.179. The van der Waals surface area contributed by atoms with Gasteiger partial charge < -0.3 is 29.4 Å². The number of fused-ring (bicyclic) bond motifs is 1. The van der Waals surface area contributed by atoms with Crippen molar-refractivity contribution in [2.24, 2.45) is 0 Å². The standard InChI is InChI=1S/C12H17NO5/c1-15-12(16-2)6-13-5-8-3-10-11(4-9(8)14)18-7-17-10/h3-4,12-14H,5-7H2,1-2H3. The van der Waals surface area contributed by atoms with Crippen molar-refractivity contribution in [3.05, 3.63) is 17.7 Å². The number of hydrogen-bond acceptors (Lipinski definition) is 6. The van der Waals surface area contributed by atoms with Crippen LogP contribution in [0.25, 0.3) is 0 Å². The van der Waals surface area contributed by atoms with Crippen molar-refractivity contribution in [3.63, 3.8) is 0 Å². The van der Waals surface area contributed by atoms with Crippen molar-refractivity contribution >= 4 is 0 Å². The lowest BCUT2D eigenvalue weighted by Crippen LogP contribution is -2.29. The molecule has 1 aliphatic rings. The van der Waals surface area contributed by atoms with E-state index in [0.717, 1.165) is 5.56 Å². The second-order valence-corrected chi connectivity index (χ2v) is 3.87. The highest BCUT2D eigenvalue weighted by molar-refractivity contribution is 5.51. The first-order valence-corrected chi connectivity index (χ1v) is 5.62. The Balaban J connectivity index is 1.93. The second-order valence-electron chi connectivity index (χ2n) is 3.87. The van der Waals surface area contributed by atoms with E-state index in [1.165, 1.54) is 0 Å². The average molecular weight is 255 g/mol. The number of rotatable bonds is 6. The lowest BCUT2D eigenvalue weighted by Gasteiger charge is -2.14. The SMILES string of the molecule is COC(CNCc1cc2c(cc1O)OCO2)OC. The molecule has 1 aromatic rings. The van der Waals surface area contributed by atoms with Crippen LogP contribution in [-0.2, 0) is 16.0 Å². The zero-order valence-electron chi connectivity index (χ0n) is 10.4. The maximum absolute atomic E-state index is 9.82. The van der Waals surface area contributed by atoms with Gasteiger partial charge >= 0.3 is 0 Å². The van der Waals surface area contributed by atoms with Gasteiger partial charge in [0, 0.05) is 38.9 Å². The van der Waals surface area contributed by atoms with Gasteiger partial charge in [-0.15, -0.1) is 0 Å². The number of methoxy groups -OCH3 is 2. The molecule has 0 bridgehead atoms.